The van der Waals surface area contributed by atoms with E-state index >= 15 is 0 Å². The van der Waals surface area contributed by atoms with E-state index in [-0.39, 0.29) is 17.2 Å². The minimum Gasteiger partial charge on any atom is -0.376 e. The van der Waals surface area contributed by atoms with E-state index in [9.17, 15) is 0 Å². The second-order valence-electron chi connectivity index (χ2n) is 6.95. The zero-order chi connectivity index (χ0) is 12.0. The summed E-state index contributed by atoms with van der Waals surface area (Å²) in [6.07, 6.45) is 3.77. The highest BCUT2D eigenvalue weighted by Crippen LogP contribution is 2.50. The normalized spacial score (nSPS) is 35.4. The van der Waals surface area contributed by atoms with Crippen LogP contribution in [0.3, 0.4) is 0 Å². The van der Waals surface area contributed by atoms with E-state index in [1.807, 2.05) is 0 Å². The van der Waals surface area contributed by atoms with Crippen LogP contribution >= 0.6 is 0 Å². The molecular formula is C13H26N2O. The molecule has 2 aliphatic heterocycles. The monoisotopic (exact) mass is 226 g/mol. The lowest BCUT2D eigenvalue weighted by molar-refractivity contribution is -0.0168. The third-order valence-corrected chi connectivity index (χ3v) is 4.08. The molecule has 0 radical (unpaired) electrons. The Morgan fingerprint density at radius 1 is 1.19 bits per heavy atom. The van der Waals surface area contributed by atoms with E-state index in [2.05, 4.69) is 33.0 Å². The molecule has 2 heterocycles. The minimum atomic E-state index is 0.183. The van der Waals surface area contributed by atoms with E-state index in [0.717, 1.165) is 6.61 Å². The van der Waals surface area contributed by atoms with Crippen LogP contribution < -0.4 is 11.1 Å². The maximum Gasteiger partial charge on any atom is 0.0755 e. The number of hydrogen-bond acceptors (Lipinski definition) is 3. The summed E-state index contributed by atoms with van der Waals surface area (Å²) in [4.78, 5) is 0. The van der Waals surface area contributed by atoms with Gasteiger partial charge in [0.2, 0.25) is 0 Å². The number of piperidine rings is 1. The quantitative estimate of drug-likeness (QED) is 0.715. The fraction of sp³-hybridized carbons (Fsp3) is 1.00. The summed E-state index contributed by atoms with van der Waals surface area (Å²) in [6.45, 7) is 10.7. The van der Waals surface area contributed by atoms with Gasteiger partial charge in [-0.3, -0.25) is 0 Å². The van der Waals surface area contributed by atoms with Gasteiger partial charge in [-0.15, -0.1) is 0 Å². The summed E-state index contributed by atoms with van der Waals surface area (Å²) < 4.78 is 5.83. The summed E-state index contributed by atoms with van der Waals surface area (Å²) >= 11 is 0. The third-order valence-electron chi connectivity index (χ3n) is 4.08. The number of ether oxygens (including phenoxy) is 1. The highest BCUT2D eigenvalue weighted by Gasteiger charge is 2.53. The molecule has 0 aromatic rings. The Bertz CT molecular complexity index is 257. The van der Waals surface area contributed by atoms with Crippen molar-refractivity contribution >= 4 is 0 Å². The van der Waals surface area contributed by atoms with E-state index in [1.165, 1.54) is 19.3 Å². The third kappa shape index (κ3) is 2.13. The highest BCUT2D eigenvalue weighted by molar-refractivity contribution is 5.08. The number of rotatable bonds is 1. The van der Waals surface area contributed by atoms with Crippen LogP contribution in [0.5, 0.6) is 0 Å². The Balaban J connectivity index is 2.27. The molecule has 0 amide bonds. The first-order valence-electron chi connectivity index (χ1n) is 6.40. The van der Waals surface area contributed by atoms with Gasteiger partial charge >= 0.3 is 0 Å². The summed E-state index contributed by atoms with van der Waals surface area (Å²) in [5.74, 6) is 0. The topological polar surface area (TPSA) is 47.3 Å². The molecule has 0 saturated carbocycles. The maximum absolute atomic E-state index is 5.87. The van der Waals surface area contributed by atoms with Gasteiger partial charge < -0.3 is 15.8 Å². The van der Waals surface area contributed by atoms with Crippen molar-refractivity contribution in [3.63, 3.8) is 0 Å². The molecule has 0 aromatic heterocycles. The molecule has 3 N–H and O–H groups in total. The van der Waals surface area contributed by atoms with Crippen LogP contribution in [0.2, 0.25) is 0 Å². The van der Waals surface area contributed by atoms with Gasteiger partial charge in [0.25, 0.3) is 0 Å². The maximum atomic E-state index is 5.87. The Morgan fingerprint density at radius 3 is 2.25 bits per heavy atom. The van der Waals surface area contributed by atoms with Crippen molar-refractivity contribution in [3.8, 4) is 0 Å². The summed E-state index contributed by atoms with van der Waals surface area (Å²) in [7, 11) is 0. The van der Waals surface area contributed by atoms with Gasteiger partial charge in [0.15, 0.2) is 0 Å². The fourth-order valence-corrected chi connectivity index (χ4v) is 4.29. The Labute approximate surface area is 99.1 Å². The Kier molecular flexibility index (Phi) is 2.84. The Morgan fingerprint density at radius 2 is 1.75 bits per heavy atom. The molecule has 2 saturated heterocycles. The average Bonchev–Trinajstić information content (AvgIpc) is 2.40. The lowest BCUT2D eigenvalue weighted by atomic mass is 9.62. The lowest BCUT2D eigenvalue weighted by Gasteiger charge is -2.53. The predicted molar refractivity (Wildman–Crippen MR) is 66.4 cm³/mol. The number of nitrogens with two attached hydrogens (primary N) is 1. The molecule has 1 atom stereocenters. The molecule has 2 rings (SSSR count). The summed E-state index contributed by atoms with van der Waals surface area (Å²) in [6, 6.07) is 0. The fourth-order valence-electron chi connectivity index (χ4n) is 4.29. The molecule has 3 nitrogen and oxygen atoms in total. The lowest BCUT2D eigenvalue weighted by Crippen LogP contribution is -2.63. The van der Waals surface area contributed by atoms with Gasteiger partial charge in [-0.25, -0.2) is 0 Å². The first kappa shape index (κ1) is 12.3. The molecule has 1 spiro atoms. The molecule has 0 aliphatic carbocycles. The van der Waals surface area contributed by atoms with Crippen molar-refractivity contribution in [2.24, 2.45) is 11.1 Å². The number of hydrogen-bond donors (Lipinski definition) is 2. The van der Waals surface area contributed by atoms with E-state index in [0.29, 0.717) is 12.0 Å². The van der Waals surface area contributed by atoms with Gasteiger partial charge in [-0.1, -0.05) is 0 Å². The SMILES string of the molecule is CC1(C)CC2(CCOC2CN)CC(C)(C)N1. The van der Waals surface area contributed by atoms with Crippen LogP contribution in [0.25, 0.3) is 0 Å². The standard InChI is InChI=1S/C13H26N2O/c1-11(2)8-13(9-12(3,4)15-11)5-6-16-10(13)7-14/h10,15H,5-9,14H2,1-4H3. The van der Waals surface area contributed by atoms with Crippen molar-refractivity contribution in [3.05, 3.63) is 0 Å². The molecule has 1 unspecified atom stereocenters. The zero-order valence-corrected chi connectivity index (χ0v) is 11.1. The van der Waals surface area contributed by atoms with Gasteiger partial charge in [0.05, 0.1) is 6.10 Å². The average molecular weight is 226 g/mol. The second-order valence-corrected chi connectivity index (χ2v) is 6.95. The van der Waals surface area contributed by atoms with Gasteiger partial charge in [-0.2, -0.15) is 0 Å². The van der Waals surface area contributed by atoms with Gasteiger partial charge in [0, 0.05) is 29.6 Å². The van der Waals surface area contributed by atoms with Crippen molar-refractivity contribution in [2.75, 3.05) is 13.2 Å². The predicted octanol–water partition coefficient (Wildman–Crippen LogP) is 1.66. The molecule has 94 valence electrons. The molecule has 3 heteroatoms. The Hall–Kier alpha value is -0.120. The van der Waals surface area contributed by atoms with E-state index in [4.69, 9.17) is 10.5 Å². The minimum absolute atomic E-state index is 0.183. The van der Waals surface area contributed by atoms with Crippen LogP contribution in [0.1, 0.15) is 47.0 Å². The molecule has 2 fully saturated rings. The molecule has 16 heavy (non-hydrogen) atoms. The van der Waals surface area contributed by atoms with E-state index < -0.39 is 0 Å². The van der Waals surface area contributed by atoms with Crippen molar-refractivity contribution in [1.29, 1.82) is 0 Å². The van der Waals surface area contributed by atoms with Crippen LogP contribution in [0.4, 0.5) is 0 Å². The first-order valence-corrected chi connectivity index (χ1v) is 6.40. The molecule has 2 aliphatic rings. The largest absolute Gasteiger partial charge is 0.376 e. The van der Waals surface area contributed by atoms with Crippen LogP contribution in [-0.4, -0.2) is 30.3 Å². The van der Waals surface area contributed by atoms with Crippen LogP contribution in [0, 0.1) is 5.41 Å². The van der Waals surface area contributed by atoms with Crippen LogP contribution in [0.15, 0.2) is 0 Å². The van der Waals surface area contributed by atoms with Crippen molar-refractivity contribution in [2.45, 2.75) is 64.1 Å². The summed E-state index contributed by atoms with van der Waals surface area (Å²) in [5, 5.41) is 3.73. The second kappa shape index (κ2) is 3.69. The van der Waals surface area contributed by atoms with Crippen molar-refractivity contribution in [1.82, 2.24) is 5.32 Å². The van der Waals surface area contributed by atoms with Crippen LogP contribution in [-0.2, 0) is 4.74 Å². The zero-order valence-electron chi connectivity index (χ0n) is 11.1. The van der Waals surface area contributed by atoms with Gasteiger partial charge in [0.1, 0.15) is 0 Å². The summed E-state index contributed by atoms with van der Waals surface area (Å²) in [5.41, 5.74) is 6.54. The first-order chi connectivity index (χ1) is 7.29. The van der Waals surface area contributed by atoms with E-state index in [1.54, 1.807) is 0 Å². The molecule has 0 bridgehead atoms. The molecular weight excluding hydrogens is 200 g/mol. The smallest absolute Gasteiger partial charge is 0.0755 e. The highest BCUT2D eigenvalue weighted by atomic mass is 16.5. The van der Waals surface area contributed by atoms with Gasteiger partial charge in [-0.05, 0) is 47.0 Å². The molecule has 0 aromatic carbocycles. The number of nitrogens with one attached hydrogen (secondary N) is 1. The van der Waals surface area contributed by atoms with Crippen molar-refractivity contribution < 1.29 is 4.74 Å².